The lowest BCUT2D eigenvalue weighted by molar-refractivity contribution is -0.473. The van der Waals surface area contributed by atoms with E-state index in [-0.39, 0.29) is 47.7 Å². The number of amides is 1. The Morgan fingerprint density at radius 3 is 2.32 bits per heavy atom. The van der Waals surface area contributed by atoms with E-state index in [1.165, 1.54) is 0 Å². The number of ketones is 1. The highest BCUT2D eigenvalue weighted by atomic mass is 16.7. The number of methoxy groups -OCH3 is 1. The van der Waals surface area contributed by atoms with Gasteiger partial charge in [-0.3, -0.25) is 19.3 Å². The highest BCUT2D eigenvalue weighted by Crippen LogP contribution is 2.39. The molecule has 3 rings (SSSR count). The molecule has 12 nitrogen and oxygen atoms in total. The maximum Gasteiger partial charge on any atom is 0.319 e. The van der Waals surface area contributed by atoms with Crippen molar-refractivity contribution >= 4 is 23.4 Å². The van der Waals surface area contributed by atoms with E-state index in [0.717, 1.165) is 12.3 Å². The van der Waals surface area contributed by atoms with Crippen LogP contribution in [0.25, 0.3) is 0 Å². The molecule has 3 saturated heterocycles. The van der Waals surface area contributed by atoms with Gasteiger partial charge in [0.1, 0.15) is 37.8 Å². The van der Waals surface area contributed by atoms with E-state index >= 15 is 0 Å². The summed E-state index contributed by atoms with van der Waals surface area (Å²) in [7, 11) is 11.4. The monoisotopic (exact) mass is 707 g/mol. The fourth-order valence-corrected chi connectivity index (χ4v) is 8.28. The summed E-state index contributed by atoms with van der Waals surface area (Å²) in [5.74, 6) is -1.61. The highest BCUT2D eigenvalue weighted by molar-refractivity contribution is 6.04. The van der Waals surface area contributed by atoms with Crippen LogP contribution in [0.2, 0.25) is 0 Å². The largest absolute Gasteiger partial charge is 0.463 e. The van der Waals surface area contributed by atoms with Crippen LogP contribution in [-0.4, -0.2) is 159 Å². The number of hydrogen-bond acceptors (Lipinski definition) is 10. The van der Waals surface area contributed by atoms with Crippen LogP contribution in [0.4, 0.5) is 0 Å². The zero-order valence-electron chi connectivity index (χ0n) is 33.2. The van der Waals surface area contributed by atoms with Crippen molar-refractivity contribution in [2.75, 3.05) is 75.1 Å². The molecule has 0 aliphatic carbocycles. The van der Waals surface area contributed by atoms with Crippen molar-refractivity contribution in [3.8, 4) is 0 Å². The Balaban J connectivity index is 1.93. The first kappa shape index (κ1) is 42.2. The van der Waals surface area contributed by atoms with Gasteiger partial charge >= 0.3 is 5.97 Å². The van der Waals surface area contributed by atoms with Crippen molar-refractivity contribution in [1.82, 2.24) is 14.7 Å². The molecule has 8 atom stereocenters. The number of rotatable bonds is 9. The first-order valence-corrected chi connectivity index (χ1v) is 18.1. The fraction of sp³-hybridized carbons (Fsp3) is 0.842. The Morgan fingerprint density at radius 2 is 1.78 bits per heavy atom. The van der Waals surface area contributed by atoms with E-state index in [9.17, 15) is 19.5 Å². The van der Waals surface area contributed by atoms with E-state index in [0.29, 0.717) is 38.9 Å². The van der Waals surface area contributed by atoms with Gasteiger partial charge in [-0.2, -0.15) is 0 Å². The Kier molecular flexibility index (Phi) is 14.0. The zero-order valence-corrected chi connectivity index (χ0v) is 33.2. The van der Waals surface area contributed by atoms with E-state index in [1.807, 2.05) is 51.6 Å². The Bertz CT molecular complexity index is 1260. The Morgan fingerprint density at radius 1 is 1.16 bits per heavy atom. The third-order valence-corrected chi connectivity index (χ3v) is 10.9. The molecular formula is C38H67N4O8+. The lowest BCUT2D eigenvalue weighted by atomic mass is 9.73. The molecule has 0 spiro atoms. The average molecular weight is 708 g/mol. The van der Waals surface area contributed by atoms with Gasteiger partial charge in [0.05, 0.1) is 12.5 Å². The molecular weight excluding hydrogens is 640 g/mol. The van der Waals surface area contributed by atoms with Crippen molar-refractivity contribution < 1.29 is 43.0 Å². The second kappa shape index (κ2) is 16.6. The van der Waals surface area contributed by atoms with Crippen LogP contribution in [0.3, 0.4) is 0 Å². The van der Waals surface area contributed by atoms with Crippen molar-refractivity contribution in [3.63, 3.8) is 0 Å². The number of carbonyl (C=O) groups excluding carboxylic acids is 3. The summed E-state index contributed by atoms with van der Waals surface area (Å²) in [5.41, 5.74) is -2.07. The van der Waals surface area contributed by atoms with Crippen molar-refractivity contribution in [1.29, 1.82) is 0 Å². The maximum atomic E-state index is 14.4. The molecule has 1 N–H and O–H groups in total. The summed E-state index contributed by atoms with van der Waals surface area (Å²) >= 11 is 0. The van der Waals surface area contributed by atoms with Crippen LogP contribution in [-0.2, 0) is 33.3 Å². The van der Waals surface area contributed by atoms with E-state index in [1.54, 1.807) is 34.0 Å². The molecule has 0 unspecified atom stereocenters. The molecule has 0 aromatic rings. The Hall–Kier alpha value is -2.22. The third-order valence-electron chi connectivity index (χ3n) is 10.9. The molecule has 0 aromatic carbocycles. The van der Waals surface area contributed by atoms with Crippen molar-refractivity contribution in [3.05, 3.63) is 12.7 Å². The molecule has 286 valence electrons. The molecule has 0 bridgehead atoms. The van der Waals surface area contributed by atoms with Crippen LogP contribution in [0.5, 0.6) is 0 Å². The van der Waals surface area contributed by atoms with E-state index < -0.39 is 41.4 Å². The van der Waals surface area contributed by atoms with Gasteiger partial charge in [0.15, 0.2) is 23.9 Å². The standard InChI is InChI=1S/C38H67N4O8/c1-15-38(47-14)17-24(2)19-41(13)29(27-20-42(21-27)30(43)18-36(5,6)23-39(9)10)22-48-35(46)37(7,8)32(45)26(4)33(38)50-34-31(44)28(40(11)12)16-25(3)49-34/h15,24-27,29,31,33-34,44H,1,16-23H2,2-14H3/q+1/t24-,25-,26+,29+,31-,33-,34+,38-/m1/s1. The number of cyclic esters (lactones) is 1. The summed E-state index contributed by atoms with van der Waals surface area (Å²) < 4.78 is 26.9. The van der Waals surface area contributed by atoms with Crippen LogP contribution < -0.4 is 0 Å². The quantitative estimate of drug-likeness (QED) is 0.166. The molecule has 1 amide bonds. The second-order valence-corrected chi connectivity index (χ2v) is 17.1. The van der Waals surface area contributed by atoms with Crippen molar-refractivity contribution in [2.45, 2.75) is 104 Å². The minimum absolute atomic E-state index is 0.0166. The van der Waals surface area contributed by atoms with Crippen LogP contribution in [0, 0.1) is 28.6 Å². The highest BCUT2D eigenvalue weighted by Gasteiger charge is 2.53. The fourth-order valence-electron chi connectivity index (χ4n) is 8.28. The topological polar surface area (TPSA) is 121 Å². The van der Waals surface area contributed by atoms with Gasteiger partial charge in [0.25, 0.3) is 0 Å². The van der Waals surface area contributed by atoms with Crippen LogP contribution in [0.15, 0.2) is 12.7 Å². The van der Waals surface area contributed by atoms with E-state index in [4.69, 9.17) is 18.9 Å². The van der Waals surface area contributed by atoms with Gasteiger partial charge in [-0.1, -0.05) is 33.8 Å². The minimum Gasteiger partial charge on any atom is -0.463 e. The molecule has 3 heterocycles. The number of aliphatic hydroxyl groups is 1. The lowest BCUT2D eigenvalue weighted by Crippen LogP contribution is -2.60. The number of esters is 1. The lowest BCUT2D eigenvalue weighted by Gasteiger charge is -2.47. The number of ether oxygens (including phenoxy) is 4. The third kappa shape index (κ3) is 9.60. The predicted octanol–water partition coefficient (Wildman–Crippen LogP) is 2.70. The van der Waals surface area contributed by atoms with Gasteiger partial charge in [-0.05, 0) is 59.7 Å². The van der Waals surface area contributed by atoms with Crippen LogP contribution in [0.1, 0.15) is 67.7 Å². The first-order valence-electron chi connectivity index (χ1n) is 18.1. The molecule has 0 aromatic heterocycles. The summed E-state index contributed by atoms with van der Waals surface area (Å²) in [6, 6.07) is -0.163. The number of nitrogens with zero attached hydrogens (tertiary/aromatic N) is 4. The smallest absolute Gasteiger partial charge is 0.319 e. The molecule has 3 fully saturated rings. The number of carbonyl (C=O) groups is 3. The Labute approximate surface area is 301 Å². The molecule has 12 heteroatoms. The number of Topliss-reactive ketones (excluding diaryl/α,β-unsaturated/α-hetero) is 1. The van der Waals surface area contributed by atoms with Gasteiger partial charge in [-0.15, -0.1) is 6.58 Å². The van der Waals surface area contributed by atoms with Gasteiger partial charge in [0, 0.05) is 57.6 Å². The zero-order chi connectivity index (χ0) is 37.9. The maximum absolute atomic E-state index is 14.4. The van der Waals surface area contributed by atoms with Crippen molar-refractivity contribution in [2.24, 2.45) is 28.6 Å². The summed E-state index contributed by atoms with van der Waals surface area (Å²) in [5, 5.41) is 11.4. The summed E-state index contributed by atoms with van der Waals surface area (Å²) in [6.45, 7) is 20.0. The number of likely N-dealkylation sites (N-methyl/N-ethyl adjacent to an activating group) is 1. The molecule has 0 saturated carbocycles. The molecule has 50 heavy (non-hydrogen) atoms. The van der Waals surface area contributed by atoms with E-state index in [2.05, 4.69) is 37.1 Å². The SMILES string of the molecule is C=C[C@@]1(OC)C[C@@H](C)CN(C)[C@H](C2CN(C(=O)CC(C)(C)CN(C)C)C2)COC(=O)C(C)(C)C(=O)[C@H](C)[C@H]1O[C@@H]1O[C@H](C)CC(=[N+](C)C)[C@H]1O. The van der Waals surface area contributed by atoms with Crippen LogP contribution >= 0.6 is 0 Å². The average Bonchev–Trinajstić information content (AvgIpc) is 2.98. The molecule has 0 radical (unpaired) electrons. The summed E-state index contributed by atoms with van der Waals surface area (Å²) in [6.07, 6.45) is -0.206. The number of aliphatic hydroxyl groups excluding tert-OH is 1. The van der Waals surface area contributed by atoms with Gasteiger partial charge < -0.3 is 33.9 Å². The second-order valence-electron chi connectivity index (χ2n) is 17.1. The van der Waals surface area contributed by atoms with Gasteiger partial charge in [0.2, 0.25) is 5.91 Å². The number of hydrogen-bond donors (Lipinski definition) is 1. The minimum atomic E-state index is -1.51. The van der Waals surface area contributed by atoms with Gasteiger partial charge in [-0.25, -0.2) is 4.58 Å². The molecule has 3 aliphatic rings. The molecule has 3 aliphatic heterocycles. The summed E-state index contributed by atoms with van der Waals surface area (Å²) in [4.78, 5) is 47.6. The first-order chi connectivity index (χ1) is 23.1. The normalized spacial score (nSPS) is 33.9. The number of likely N-dealkylation sites (tertiary alicyclic amines) is 1. The predicted molar refractivity (Wildman–Crippen MR) is 193 cm³/mol.